The number of thiophene rings is 1. The van der Waals surface area contributed by atoms with E-state index >= 15 is 0 Å². The first-order valence-electron chi connectivity index (χ1n) is 6.73. The highest BCUT2D eigenvalue weighted by molar-refractivity contribution is 7.10. The number of likely N-dealkylation sites (tertiary alicyclic amines) is 1. The number of likely N-dealkylation sites (N-methyl/N-ethyl adjacent to an activating group) is 1. The van der Waals surface area contributed by atoms with Crippen molar-refractivity contribution in [3.05, 3.63) is 21.9 Å². The summed E-state index contributed by atoms with van der Waals surface area (Å²) >= 11 is 1.87. The lowest BCUT2D eigenvalue weighted by Gasteiger charge is -2.25. The second-order valence-electron chi connectivity index (χ2n) is 5.02. The summed E-state index contributed by atoms with van der Waals surface area (Å²) in [5.41, 5.74) is 1.42. The van der Waals surface area contributed by atoms with Gasteiger partial charge in [-0.3, -0.25) is 4.90 Å². The van der Waals surface area contributed by atoms with Crippen LogP contribution in [0.5, 0.6) is 0 Å². The lowest BCUT2D eigenvalue weighted by molar-refractivity contribution is 0.255. The van der Waals surface area contributed by atoms with Crippen LogP contribution in [0.15, 0.2) is 11.4 Å². The maximum Gasteiger partial charge on any atom is 0.0389 e. The summed E-state index contributed by atoms with van der Waals surface area (Å²) in [4.78, 5) is 4.09. The number of hydrogen-bond acceptors (Lipinski definition) is 3. The first-order chi connectivity index (χ1) is 8.22. The Bertz CT molecular complexity index is 348. The van der Waals surface area contributed by atoms with E-state index in [1.807, 2.05) is 11.3 Å². The molecule has 0 aliphatic carbocycles. The molecule has 0 spiro atoms. The van der Waals surface area contributed by atoms with Crippen LogP contribution in [0.4, 0.5) is 0 Å². The number of aryl methyl sites for hydroxylation is 1. The Morgan fingerprint density at radius 2 is 2.41 bits per heavy atom. The fraction of sp³-hybridized carbons (Fsp3) is 0.714. The SMILES string of the molecule is CCN1CCCC1CNC(C)c1sccc1C. The third-order valence-electron chi connectivity index (χ3n) is 3.86. The lowest BCUT2D eigenvalue weighted by Crippen LogP contribution is -2.38. The van der Waals surface area contributed by atoms with Crippen LogP contribution in [0, 0.1) is 6.92 Å². The van der Waals surface area contributed by atoms with E-state index < -0.39 is 0 Å². The Morgan fingerprint density at radius 3 is 3.06 bits per heavy atom. The van der Waals surface area contributed by atoms with Crippen LogP contribution < -0.4 is 5.32 Å². The summed E-state index contributed by atoms with van der Waals surface area (Å²) in [5, 5.41) is 5.89. The van der Waals surface area contributed by atoms with Crippen LogP contribution in [0.25, 0.3) is 0 Å². The van der Waals surface area contributed by atoms with Gasteiger partial charge in [0.1, 0.15) is 0 Å². The van der Waals surface area contributed by atoms with Crippen molar-refractivity contribution in [2.75, 3.05) is 19.6 Å². The van der Waals surface area contributed by atoms with Gasteiger partial charge >= 0.3 is 0 Å². The largest absolute Gasteiger partial charge is 0.308 e. The molecule has 1 aromatic rings. The van der Waals surface area contributed by atoms with Gasteiger partial charge < -0.3 is 5.32 Å². The molecule has 2 heterocycles. The first kappa shape index (κ1) is 13.1. The Balaban J connectivity index is 1.84. The highest BCUT2D eigenvalue weighted by Crippen LogP contribution is 2.24. The molecule has 2 nitrogen and oxygen atoms in total. The van der Waals surface area contributed by atoms with Crippen molar-refractivity contribution in [1.29, 1.82) is 0 Å². The average molecular weight is 252 g/mol. The summed E-state index contributed by atoms with van der Waals surface area (Å²) in [5.74, 6) is 0. The van der Waals surface area contributed by atoms with Gasteiger partial charge in [-0.25, -0.2) is 0 Å². The second kappa shape index (κ2) is 5.98. The van der Waals surface area contributed by atoms with Crippen molar-refractivity contribution in [1.82, 2.24) is 10.2 Å². The fourth-order valence-corrected chi connectivity index (χ4v) is 3.74. The van der Waals surface area contributed by atoms with E-state index in [0.717, 1.165) is 12.6 Å². The molecule has 0 amide bonds. The van der Waals surface area contributed by atoms with Crippen LogP contribution in [0.3, 0.4) is 0 Å². The molecule has 1 N–H and O–H groups in total. The molecule has 2 unspecified atom stereocenters. The van der Waals surface area contributed by atoms with Gasteiger partial charge in [-0.1, -0.05) is 6.92 Å². The molecule has 96 valence electrons. The summed E-state index contributed by atoms with van der Waals surface area (Å²) in [6.07, 6.45) is 2.73. The zero-order valence-corrected chi connectivity index (χ0v) is 12.0. The van der Waals surface area contributed by atoms with E-state index in [2.05, 4.69) is 42.4 Å². The summed E-state index contributed by atoms with van der Waals surface area (Å²) < 4.78 is 0. The molecule has 1 aliphatic heterocycles. The van der Waals surface area contributed by atoms with E-state index in [4.69, 9.17) is 0 Å². The molecule has 0 saturated carbocycles. The van der Waals surface area contributed by atoms with Crippen molar-refractivity contribution in [3.63, 3.8) is 0 Å². The van der Waals surface area contributed by atoms with Gasteiger partial charge in [0.15, 0.2) is 0 Å². The first-order valence-corrected chi connectivity index (χ1v) is 7.61. The van der Waals surface area contributed by atoms with E-state index in [-0.39, 0.29) is 0 Å². The van der Waals surface area contributed by atoms with E-state index in [1.165, 1.54) is 36.4 Å². The lowest BCUT2D eigenvalue weighted by atomic mass is 10.1. The van der Waals surface area contributed by atoms with Gasteiger partial charge in [-0.05, 0) is 56.8 Å². The van der Waals surface area contributed by atoms with E-state index in [0.29, 0.717) is 6.04 Å². The van der Waals surface area contributed by atoms with Gasteiger partial charge in [-0.2, -0.15) is 0 Å². The third-order valence-corrected chi connectivity index (χ3v) is 5.06. The Kier molecular flexibility index (Phi) is 4.60. The number of nitrogens with zero attached hydrogens (tertiary/aromatic N) is 1. The minimum Gasteiger partial charge on any atom is -0.308 e. The minimum absolute atomic E-state index is 0.495. The van der Waals surface area contributed by atoms with Gasteiger partial charge in [0.05, 0.1) is 0 Å². The van der Waals surface area contributed by atoms with Crippen molar-refractivity contribution in [2.24, 2.45) is 0 Å². The van der Waals surface area contributed by atoms with Crippen molar-refractivity contribution in [3.8, 4) is 0 Å². The van der Waals surface area contributed by atoms with Gasteiger partial charge in [0.2, 0.25) is 0 Å². The molecular weight excluding hydrogens is 228 g/mol. The van der Waals surface area contributed by atoms with Crippen molar-refractivity contribution in [2.45, 2.75) is 45.7 Å². The zero-order valence-electron chi connectivity index (χ0n) is 11.2. The van der Waals surface area contributed by atoms with Crippen LogP contribution in [-0.2, 0) is 0 Å². The predicted octanol–water partition coefficient (Wildman–Crippen LogP) is 3.19. The zero-order chi connectivity index (χ0) is 12.3. The molecule has 2 atom stereocenters. The third kappa shape index (κ3) is 3.09. The Labute approximate surface area is 109 Å². The molecule has 1 saturated heterocycles. The van der Waals surface area contributed by atoms with Crippen LogP contribution in [0.2, 0.25) is 0 Å². The smallest absolute Gasteiger partial charge is 0.0389 e. The molecular formula is C14H24N2S. The van der Waals surface area contributed by atoms with E-state index in [9.17, 15) is 0 Å². The number of rotatable bonds is 5. The maximum atomic E-state index is 3.70. The standard InChI is InChI=1S/C14H24N2S/c1-4-16-8-5-6-13(16)10-15-12(3)14-11(2)7-9-17-14/h7,9,12-13,15H,4-6,8,10H2,1-3H3. The molecule has 1 aromatic heterocycles. The van der Waals surface area contributed by atoms with Gasteiger partial charge in [0, 0.05) is 23.5 Å². The normalized spacial score (nSPS) is 23.1. The van der Waals surface area contributed by atoms with Crippen LogP contribution in [0.1, 0.15) is 43.2 Å². The van der Waals surface area contributed by atoms with Crippen LogP contribution in [-0.4, -0.2) is 30.6 Å². The van der Waals surface area contributed by atoms with Crippen molar-refractivity contribution < 1.29 is 0 Å². The summed E-state index contributed by atoms with van der Waals surface area (Å²) in [7, 11) is 0. The van der Waals surface area contributed by atoms with Crippen molar-refractivity contribution >= 4 is 11.3 Å². The molecule has 17 heavy (non-hydrogen) atoms. The highest BCUT2D eigenvalue weighted by Gasteiger charge is 2.23. The monoisotopic (exact) mass is 252 g/mol. The number of nitrogens with one attached hydrogen (secondary N) is 1. The highest BCUT2D eigenvalue weighted by atomic mass is 32.1. The molecule has 0 aromatic carbocycles. The van der Waals surface area contributed by atoms with Gasteiger partial charge in [-0.15, -0.1) is 11.3 Å². The second-order valence-corrected chi connectivity index (χ2v) is 5.97. The minimum atomic E-state index is 0.495. The average Bonchev–Trinajstić information content (AvgIpc) is 2.94. The Morgan fingerprint density at radius 1 is 1.59 bits per heavy atom. The quantitative estimate of drug-likeness (QED) is 0.866. The summed E-state index contributed by atoms with van der Waals surface area (Å²) in [6, 6.07) is 3.46. The molecule has 2 rings (SSSR count). The molecule has 1 fully saturated rings. The summed E-state index contributed by atoms with van der Waals surface area (Å²) in [6.45, 7) is 10.4. The van der Waals surface area contributed by atoms with E-state index in [1.54, 1.807) is 0 Å². The molecule has 0 radical (unpaired) electrons. The number of hydrogen-bond donors (Lipinski definition) is 1. The molecule has 1 aliphatic rings. The van der Waals surface area contributed by atoms with Gasteiger partial charge in [0.25, 0.3) is 0 Å². The molecule has 3 heteroatoms. The fourth-order valence-electron chi connectivity index (χ4n) is 2.78. The topological polar surface area (TPSA) is 15.3 Å². The maximum absolute atomic E-state index is 3.70. The van der Waals surface area contributed by atoms with Crippen LogP contribution >= 0.6 is 11.3 Å². The molecule has 0 bridgehead atoms. The predicted molar refractivity (Wildman–Crippen MR) is 75.7 cm³/mol. The Hall–Kier alpha value is -0.380.